The standard InChI is InChI=1S/C23H25NO4/c1-15(2)16-9-11-17(12-10-16)20-19(21(25)18-7-5-4-6-8-18)22(26)23(27)24(20)13-14-28-3/h4-12,15,20,25H,13-14H2,1-3H3/b21-19+/t20-/m1/s1. The largest absolute Gasteiger partial charge is 0.507 e. The number of benzene rings is 2. The number of hydrogen-bond donors (Lipinski definition) is 1. The number of aliphatic hydroxyl groups excluding tert-OH is 1. The number of methoxy groups -OCH3 is 1. The fourth-order valence-corrected chi connectivity index (χ4v) is 3.46. The number of aliphatic hydroxyl groups is 1. The van der Waals surface area contributed by atoms with E-state index < -0.39 is 17.7 Å². The molecule has 5 nitrogen and oxygen atoms in total. The molecule has 3 rings (SSSR count). The van der Waals surface area contributed by atoms with Gasteiger partial charge in [-0.2, -0.15) is 0 Å². The summed E-state index contributed by atoms with van der Waals surface area (Å²) in [6, 6.07) is 16.0. The lowest BCUT2D eigenvalue weighted by Gasteiger charge is -2.25. The minimum Gasteiger partial charge on any atom is -0.507 e. The van der Waals surface area contributed by atoms with Gasteiger partial charge in [0.1, 0.15) is 5.76 Å². The number of hydrogen-bond acceptors (Lipinski definition) is 4. The van der Waals surface area contributed by atoms with Crippen LogP contribution in [0, 0.1) is 0 Å². The summed E-state index contributed by atoms with van der Waals surface area (Å²) in [7, 11) is 1.55. The Morgan fingerprint density at radius 1 is 1.07 bits per heavy atom. The van der Waals surface area contributed by atoms with Crippen molar-refractivity contribution in [2.75, 3.05) is 20.3 Å². The zero-order valence-corrected chi connectivity index (χ0v) is 16.4. The normalized spacial score (nSPS) is 18.9. The van der Waals surface area contributed by atoms with Crippen LogP contribution in [0.5, 0.6) is 0 Å². The number of likely N-dealkylation sites (tertiary alicyclic amines) is 1. The number of Topliss-reactive ketones (excluding diaryl/α,β-unsaturated/α-hetero) is 1. The number of rotatable bonds is 6. The van der Waals surface area contributed by atoms with Gasteiger partial charge in [0.15, 0.2) is 0 Å². The van der Waals surface area contributed by atoms with E-state index in [0.29, 0.717) is 18.1 Å². The van der Waals surface area contributed by atoms with Crippen molar-refractivity contribution in [2.24, 2.45) is 0 Å². The van der Waals surface area contributed by atoms with Gasteiger partial charge >= 0.3 is 0 Å². The number of nitrogens with zero attached hydrogens (tertiary/aromatic N) is 1. The van der Waals surface area contributed by atoms with Crippen molar-refractivity contribution in [3.63, 3.8) is 0 Å². The summed E-state index contributed by atoms with van der Waals surface area (Å²) in [4.78, 5) is 27.0. The maximum Gasteiger partial charge on any atom is 0.295 e. The summed E-state index contributed by atoms with van der Waals surface area (Å²) in [6.45, 7) is 4.78. The number of ketones is 1. The van der Waals surface area contributed by atoms with E-state index in [1.807, 2.05) is 30.3 Å². The van der Waals surface area contributed by atoms with Crippen LogP contribution in [0.1, 0.15) is 42.5 Å². The lowest BCUT2D eigenvalue weighted by molar-refractivity contribution is -0.140. The van der Waals surface area contributed by atoms with E-state index in [-0.39, 0.29) is 17.9 Å². The van der Waals surface area contributed by atoms with Crippen LogP contribution in [0.4, 0.5) is 0 Å². The average molecular weight is 379 g/mol. The molecule has 0 saturated carbocycles. The first kappa shape index (κ1) is 19.8. The highest BCUT2D eigenvalue weighted by atomic mass is 16.5. The molecule has 0 aliphatic carbocycles. The van der Waals surface area contributed by atoms with Crippen molar-refractivity contribution in [3.8, 4) is 0 Å². The molecule has 1 saturated heterocycles. The maximum atomic E-state index is 12.8. The number of amides is 1. The molecule has 1 heterocycles. The summed E-state index contributed by atoms with van der Waals surface area (Å²) >= 11 is 0. The van der Waals surface area contributed by atoms with Gasteiger partial charge in [0.05, 0.1) is 18.2 Å². The van der Waals surface area contributed by atoms with Crippen molar-refractivity contribution in [2.45, 2.75) is 25.8 Å². The van der Waals surface area contributed by atoms with Gasteiger partial charge in [0.25, 0.3) is 11.7 Å². The van der Waals surface area contributed by atoms with Crippen molar-refractivity contribution < 1.29 is 19.4 Å². The van der Waals surface area contributed by atoms with Crippen LogP contribution >= 0.6 is 0 Å². The summed E-state index contributed by atoms with van der Waals surface area (Å²) in [5, 5.41) is 10.9. The second-order valence-electron chi connectivity index (χ2n) is 7.17. The molecule has 2 aromatic carbocycles. The number of carbonyl (C=O) groups excluding carboxylic acids is 2. The van der Waals surface area contributed by atoms with Gasteiger partial charge in [-0.15, -0.1) is 0 Å². The van der Waals surface area contributed by atoms with Crippen LogP contribution in [-0.4, -0.2) is 42.0 Å². The number of ether oxygens (including phenoxy) is 1. The van der Waals surface area contributed by atoms with Crippen LogP contribution < -0.4 is 0 Å². The van der Waals surface area contributed by atoms with Gasteiger partial charge in [-0.25, -0.2) is 0 Å². The second-order valence-corrected chi connectivity index (χ2v) is 7.17. The Morgan fingerprint density at radius 2 is 1.71 bits per heavy atom. The average Bonchev–Trinajstić information content (AvgIpc) is 2.97. The Bertz CT molecular complexity index is 885. The molecular formula is C23H25NO4. The van der Waals surface area contributed by atoms with E-state index in [0.717, 1.165) is 5.56 Å². The van der Waals surface area contributed by atoms with E-state index in [4.69, 9.17) is 4.74 Å². The molecule has 2 aromatic rings. The number of carbonyl (C=O) groups is 2. The van der Waals surface area contributed by atoms with Crippen LogP contribution in [0.2, 0.25) is 0 Å². The fourth-order valence-electron chi connectivity index (χ4n) is 3.46. The molecule has 1 atom stereocenters. The molecule has 5 heteroatoms. The van der Waals surface area contributed by atoms with Gasteiger partial charge in [-0.1, -0.05) is 68.4 Å². The Balaban J connectivity index is 2.12. The van der Waals surface area contributed by atoms with Crippen molar-refractivity contribution in [1.29, 1.82) is 0 Å². The first-order chi connectivity index (χ1) is 13.5. The minimum absolute atomic E-state index is 0.115. The second kappa shape index (κ2) is 8.40. The summed E-state index contributed by atoms with van der Waals surface area (Å²) < 4.78 is 5.12. The van der Waals surface area contributed by atoms with Gasteiger partial charge in [-0.3, -0.25) is 9.59 Å². The quantitative estimate of drug-likeness (QED) is 0.470. The summed E-state index contributed by atoms with van der Waals surface area (Å²) in [6.07, 6.45) is 0. The van der Waals surface area contributed by atoms with E-state index in [1.54, 1.807) is 31.4 Å². The van der Waals surface area contributed by atoms with Gasteiger partial charge < -0.3 is 14.7 Å². The van der Waals surface area contributed by atoms with Gasteiger partial charge in [0, 0.05) is 19.2 Å². The third kappa shape index (κ3) is 3.71. The van der Waals surface area contributed by atoms with E-state index in [9.17, 15) is 14.7 Å². The molecule has 1 fully saturated rings. The molecule has 0 bridgehead atoms. The summed E-state index contributed by atoms with van der Waals surface area (Å²) in [5.41, 5.74) is 2.58. The smallest absolute Gasteiger partial charge is 0.295 e. The first-order valence-corrected chi connectivity index (χ1v) is 9.38. The molecule has 0 spiro atoms. The predicted octanol–water partition coefficient (Wildman–Crippen LogP) is 3.88. The lowest BCUT2D eigenvalue weighted by Crippen LogP contribution is -2.32. The van der Waals surface area contributed by atoms with E-state index in [2.05, 4.69) is 13.8 Å². The minimum atomic E-state index is -0.671. The highest BCUT2D eigenvalue weighted by Gasteiger charge is 2.45. The van der Waals surface area contributed by atoms with E-state index >= 15 is 0 Å². The first-order valence-electron chi connectivity index (χ1n) is 9.38. The molecule has 1 amide bonds. The lowest BCUT2D eigenvalue weighted by atomic mass is 9.93. The Kier molecular flexibility index (Phi) is 5.95. The van der Waals surface area contributed by atoms with Crippen molar-refractivity contribution >= 4 is 17.4 Å². The summed E-state index contributed by atoms with van der Waals surface area (Å²) in [5.74, 6) is -1.07. The molecular weight excluding hydrogens is 354 g/mol. The molecule has 28 heavy (non-hydrogen) atoms. The Hall–Kier alpha value is -2.92. The van der Waals surface area contributed by atoms with Crippen LogP contribution in [0.3, 0.4) is 0 Å². The molecule has 0 unspecified atom stereocenters. The monoisotopic (exact) mass is 379 g/mol. The Labute approximate surface area is 165 Å². The molecule has 146 valence electrons. The van der Waals surface area contributed by atoms with Crippen molar-refractivity contribution in [3.05, 3.63) is 76.9 Å². The molecule has 1 aliphatic rings. The third-order valence-corrected chi connectivity index (χ3v) is 5.04. The fraction of sp³-hybridized carbons (Fsp3) is 0.304. The molecule has 0 radical (unpaired) electrons. The molecule has 0 aromatic heterocycles. The molecule has 1 aliphatic heterocycles. The van der Waals surface area contributed by atoms with Crippen LogP contribution in [-0.2, 0) is 14.3 Å². The third-order valence-electron chi connectivity index (χ3n) is 5.04. The van der Waals surface area contributed by atoms with Crippen LogP contribution in [0.15, 0.2) is 60.2 Å². The topological polar surface area (TPSA) is 66.8 Å². The van der Waals surface area contributed by atoms with E-state index in [1.165, 1.54) is 10.5 Å². The zero-order valence-electron chi connectivity index (χ0n) is 16.4. The highest BCUT2D eigenvalue weighted by Crippen LogP contribution is 2.39. The predicted molar refractivity (Wildman–Crippen MR) is 108 cm³/mol. The Morgan fingerprint density at radius 3 is 2.29 bits per heavy atom. The van der Waals surface area contributed by atoms with Gasteiger partial charge in [-0.05, 0) is 17.0 Å². The SMILES string of the molecule is COCCN1C(=O)C(=O)/C(=C(/O)c2ccccc2)[C@H]1c1ccc(C(C)C)cc1. The maximum absolute atomic E-state index is 12.8. The van der Waals surface area contributed by atoms with Crippen LogP contribution in [0.25, 0.3) is 5.76 Å². The highest BCUT2D eigenvalue weighted by molar-refractivity contribution is 6.46. The van der Waals surface area contributed by atoms with Gasteiger partial charge in [0.2, 0.25) is 0 Å². The zero-order chi connectivity index (χ0) is 20.3. The van der Waals surface area contributed by atoms with Crippen molar-refractivity contribution in [1.82, 2.24) is 4.90 Å². The molecule has 1 N–H and O–H groups in total.